The van der Waals surface area contributed by atoms with Crippen LogP contribution < -0.4 is 5.32 Å². The number of nitro benzene ring substituents is 2. The van der Waals surface area contributed by atoms with Gasteiger partial charge in [-0.2, -0.15) is 13.2 Å². The van der Waals surface area contributed by atoms with Gasteiger partial charge in [0.2, 0.25) is 0 Å². The van der Waals surface area contributed by atoms with Crippen LogP contribution in [0.4, 0.5) is 30.2 Å². The van der Waals surface area contributed by atoms with Gasteiger partial charge in [0.25, 0.3) is 11.4 Å². The van der Waals surface area contributed by atoms with Gasteiger partial charge < -0.3 is 10.1 Å². The average Bonchev–Trinajstić information content (AvgIpc) is 2.63. The molecule has 9 nitrogen and oxygen atoms in total. The molecule has 0 saturated carbocycles. The molecule has 0 spiro atoms. The minimum absolute atomic E-state index is 0.188. The summed E-state index contributed by atoms with van der Waals surface area (Å²) in [7, 11) is 0. The van der Waals surface area contributed by atoms with Gasteiger partial charge >= 0.3 is 12.1 Å². The Balaban J connectivity index is 2.00. The third-order valence-electron chi connectivity index (χ3n) is 3.47. The Bertz CT molecular complexity index is 917. The van der Waals surface area contributed by atoms with Gasteiger partial charge in [-0.3, -0.25) is 25.0 Å². The van der Waals surface area contributed by atoms with E-state index in [1.165, 1.54) is 24.3 Å². The number of carbonyl (C=O) groups is 1. The SMILES string of the molecule is O=C(CNc1ccc(C(F)(F)F)cc1[N+](=O)[O-])OCc1cccc([N+](=O)[O-])c1. The van der Waals surface area contributed by atoms with E-state index >= 15 is 0 Å². The summed E-state index contributed by atoms with van der Waals surface area (Å²) in [6.45, 7) is -0.835. The number of nitrogens with zero attached hydrogens (tertiary/aromatic N) is 2. The Morgan fingerprint density at radius 2 is 1.79 bits per heavy atom. The van der Waals surface area contributed by atoms with Crippen LogP contribution in [0.3, 0.4) is 0 Å². The quantitative estimate of drug-likeness (QED) is 0.428. The molecule has 0 unspecified atom stereocenters. The van der Waals surface area contributed by atoms with E-state index in [0.717, 1.165) is 6.07 Å². The predicted molar refractivity (Wildman–Crippen MR) is 89.5 cm³/mol. The summed E-state index contributed by atoms with van der Waals surface area (Å²) in [6, 6.07) is 7.22. The minimum Gasteiger partial charge on any atom is -0.459 e. The van der Waals surface area contributed by atoms with Gasteiger partial charge in [0.15, 0.2) is 0 Å². The van der Waals surface area contributed by atoms with Gasteiger partial charge in [0.05, 0.1) is 15.4 Å². The summed E-state index contributed by atoms with van der Waals surface area (Å²) < 4.78 is 42.9. The van der Waals surface area contributed by atoms with E-state index in [1.54, 1.807) is 0 Å². The standard InChI is InChI=1S/C16H12F3N3O6/c17-16(18,19)11-4-5-13(14(7-11)22(26)27)20-8-15(23)28-9-10-2-1-3-12(6-10)21(24)25/h1-7,20H,8-9H2. The molecule has 0 aromatic heterocycles. The lowest BCUT2D eigenvalue weighted by Crippen LogP contribution is -2.17. The number of benzene rings is 2. The third kappa shape index (κ3) is 5.40. The number of hydrogen-bond donors (Lipinski definition) is 1. The van der Waals surface area contributed by atoms with E-state index in [2.05, 4.69) is 5.32 Å². The number of non-ortho nitro benzene ring substituents is 1. The van der Waals surface area contributed by atoms with Crippen LogP contribution in [0.5, 0.6) is 0 Å². The number of rotatable bonds is 7. The zero-order valence-corrected chi connectivity index (χ0v) is 13.9. The van der Waals surface area contributed by atoms with E-state index in [1.807, 2.05) is 0 Å². The fourth-order valence-corrected chi connectivity index (χ4v) is 2.15. The van der Waals surface area contributed by atoms with Crippen molar-refractivity contribution in [2.24, 2.45) is 0 Å². The van der Waals surface area contributed by atoms with Crippen molar-refractivity contribution in [3.8, 4) is 0 Å². The van der Waals surface area contributed by atoms with Crippen LogP contribution in [-0.4, -0.2) is 22.4 Å². The summed E-state index contributed by atoms with van der Waals surface area (Å²) in [5.74, 6) is -0.860. The maximum atomic E-state index is 12.7. The number of carbonyl (C=O) groups excluding carboxylic acids is 1. The lowest BCUT2D eigenvalue weighted by molar-refractivity contribution is -0.385. The average molecular weight is 399 g/mol. The van der Waals surface area contributed by atoms with Gasteiger partial charge in [-0.15, -0.1) is 0 Å². The molecule has 0 aliphatic rings. The van der Waals surface area contributed by atoms with Crippen LogP contribution in [0.25, 0.3) is 0 Å². The molecule has 0 atom stereocenters. The highest BCUT2D eigenvalue weighted by atomic mass is 19.4. The van der Waals surface area contributed by atoms with Crippen molar-refractivity contribution in [1.82, 2.24) is 0 Å². The second kappa shape index (κ2) is 8.33. The molecular weight excluding hydrogens is 387 g/mol. The Morgan fingerprint density at radius 3 is 2.39 bits per heavy atom. The number of anilines is 1. The zero-order chi connectivity index (χ0) is 20.9. The lowest BCUT2D eigenvalue weighted by atomic mass is 10.1. The number of alkyl halides is 3. The second-order valence-corrected chi connectivity index (χ2v) is 5.43. The third-order valence-corrected chi connectivity index (χ3v) is 3.47. The van der Waals surface area contributed by atoms with E-state index in [4.69, 9.17) is 4.74 Å². The summed E-state index contributed by atoms with van der Waals surface area (Å²) in [5.41, 5.74) is -2.17. The van der Waals surface area contributed by atoms with E-state index < -0.39 is 39.8 Å². The zero-order valence-electron chi connectivity index (χ0n) is 13.9. The van der Waals surface area contributed by atoms with Crippen molar-refractivity contribution in [2.75, 3.05) is 11.9 Å². The van der Waals surface area contributed by atoms with Gasteiger partial charge in [-0.25, -0.2) is 0 Å². The van der Waals surface area contributed by atoms with E-state index in [-0.39, 0.29) is 18.0 Å². The topological polar surface area (TPSA) is 125 Å². The molecule has 12 heteroatoms. The highest BCUT2D eigenvalue weighted by Crippen LogP contribution is 2.34. The number of hydrogen-bond acceptors (Lipinski definition) is 7. The largest absolute Gasteiger partial charge is 0.459 e. The van der Waals surface area contributed by atoms with Crippen molar-refractivity contribution in [3.05, 3.63) is 73.8 Å². The van der Waals surface area contributed by atoms with E-state index in [0.29, 0.717) is 17.7 Å². The van der Waals surface area contributed by atoms with Crippen molar-refractivity contribution < 1.29 is 32.5 Å². The number of halogens is 3. The first-order valence-electron chi connectivity index (χ1n) is 7.56. The van der Waals surface area contributed by atoms with Crippen molar-refractivity contribution in [2.45, 2.75) is 12.8 Å². The number of nitrogens with one attached hydrogen (secondary N) is 1. The fraction of sp³-hybridized carbons (Fsp3) is 0.188. The van der Waals surface area contributed by atoms with Gasteiger partial charge in [-0.1, -0.05) is 12.1 Å². The first kappa shape index (κ1) is 20.6. The van der Waals surface area contributed by atoms with Gasteiger partial charge in [-0.05, 0) is 17.7 Å². The van der Waals surface area contributed by atoms with Crippen LogP contribution in [0.15, 0.2) is 42.5 Å². The molecule has 0 aliphatic carbocycles. The summed E-state index contributed by atoms with van der Waals surface area (Å²) in [5, 5.41) is 24.0. The molecule has 0 amide bonds. The predicted octanol–water partition coefficient (Wildman–Crippen LogP) is 3.68. The Hall–Kier alpha value is -3.70. The van der Waals surface area contributed by atoms with Gasteiger partial charge in [0, 0.05) is 18.2 Å². The van der Waals surface area contributed by atoms with Crippen molar-refractivity contribution >= 4 is 23.0 Å². The first-order valence-corrected chi connectivity index (χ1v) is 7.56. The van der Waals surface area contributed by atoms with Gasteiger partial charge in [0.1, 0.15) is 18.8 Å². The molecule has 1 N–H and O–H groups in total. The van der Waals surface area contributed by atoms with Crippen LogP contribution >= 0.6 is 0 Å². The number of ether oxygens (including phenoxy) is 1. The molecule has 0 bridgehead atoms. The molecule has 2 rings (SSSR count). The van der Waals surface area contributed by atoms with E-state index in [9.17, 15) is 38.2 Å². The molecule has 0 heterocycles. The highest BCUT2D eigenvalue weighted by molar-refractivity contribution is 5.77. The molecule has 0 fully saturated rings. The van der Waals surface area contributed by atoms with Crippen LogP contribution in [0.2, 0.25) is 0 Å². The molecule has 0 radical (unpaired) electrons. The molecule has 2 aromatic carbocycles. The molecule has 148 valence electrons. The monoisotopic (exact) mass is 399 g/mol. The fourth-order valence-electron chi connectivity index (χ4n) is 2.15. The molecule has 0 saturated heterocycles. The second-order valence-electron chi connectivity index (χ2n) is 5.43. The van der Waals surface area contributed by atoms with Crippen LogP contribution in [-0.2, 0) is 22.3 Å². The maximum absolute atomic E-state index is 12.7. The van der Waals surface area contributed by atoms with Crippen LogP contribution in [0, 0.1) is 20.2 Å². The highest BCUT2D eigenvalue weighted by Gasteiger charge is 2.33. The Labute approximate surface area is 155 Å². The molecule has 28 heavy (non-hydrogen) atoms. The number of nitro groups is 2. The van der Waals surface area contributed by atoms with Crippen molar-refractivity contribution in [1.29, 1.82) is 0 Å². The summed E-state index contributed by atoms with van der Waals surface area (Å²) >= 11 is 0. The normalized spacial score (nSPS) is 11.0. The summed E-state index contributed by atoms with van der Waals surface area (Å²) in [4.78, 5) is 31.8. The van der Waals surface area contributed by atoms with Crippen molar-refractivity contribution in [3.63, 3.8) is 0 Å². The minimum atomic E-state index is -4.75. The Kier molecular flexibility index (Phi) is 6.13. The number of esters is 1. The lowest BCUT2D eigenvalue weighted by Gasteiger charge is -2.10. The molecule has 0 aliphatic heterocycles. The molecule has 2 aromatic rings. The first-order chi connectivity index (χ1) is 13.1. The van der Waals surface area contributed by atoms with Crippen LogP contribution in [0.1, 0.15) is 11.1 Å². The summed E-state index contributed by atoms with van der Waals surface area (Å²) in [6.07, 6.45) is -4.75. The maximum Gasteiger partial charge on any atom is 0.416 e. The smallest absolute Gasteiger partial charge is 0.416 e. The molecular formula is C16H12F3N3O6. The Morgan fingerprint density at radius 1 is 1.07 bits per heavy atom.